The van der Waals surface area contributed by atoms with Gasteiger partial charge in [0.15, 0.2) is 5.75 Å². The van der Waals surface area contributed by atoms with Gasteiger partial charge in [-0.05, 0) is 19.1 Å². The first-order valence-electron chi connectivity index (χ1n) is 7.35. The second-order valence-corrected chi connectivity index (χ2v) is 5.55. The number of anilines is 1. The highest BCUT2D eigenvalue weighted by Crippen LogP contribution is 2.32. The molecular weight excluding hydrogens is 318 g/mol. The third-order valence-corrected chi connectivity index (χ3v) is 3.78. The van der Waals surface area contributed by atoms with Gasteiger partial charge in [0.1, 0.15) is 5.75 Å². The number of nitrogens with zero attached hydrogens (tertiary/aromatic N) is 3. The maximum Gasteiger partial charge on any atom is 0.229 e. The predicted molar refractivity (Wildman–Crippen MR) is 87.9 cm³/mol. The lowest BCUT2D eigenvalue weighted by Crippen LogP contribution is -2.37. The van der Waals surface area contributed by atoms with Crippen LogP contribution in [0.15, 0.2) is 24.3 Å². The highest BCUT2D eigenvalue weighted by molar-refractivity contribution is 6.32. The molecule has 2 aromatic rings. The maximum atomic E-state index is 6.18. The van der Waals surface area contributed by atoms with E-state index < -0.39 is 0 Å². The molecule has 6 nitrogen and oxygen atoms in total. The van der Waals surface area contributed by atoms with Crippen molar-refractivity contribution >= 4 is 17.5 Å². The molecule has 0 radical (unpaired) electrons. The van der Waals surface area contributed by atoms with Crippen LogP contribution in [-0.2, 0) is 4.74 Å². The Kier molecular flexibility index (Phi) is 4.83. The van der Waals surface area contributed by atoms with E-state index in [-0.39, 0.29) is 0 Å². The summed E-state index contributed by atoms with van der Waals surface area (Å²) in [5.41, 5.74) is 0.829. The fourth-order valence-corrected chi connectivity index (χ4v) is 2.44. The van der Waals surface area contributed by atoms with E-state index in [1.54, 1.807) is 31.4 Å². The van der Waals surface area contributed by atoms with Crippen molar-refractivity contribution in [1.29, 1.82) is 0 Å². The van der Waals surface area contributed by atoms with Gasteiger partial charge in [-0.3, -0.25) is 0 Å². The van der Waals surface area contributed by atoms with Crippen molar-refractivity contribution in [2.24, 2.45) is 0 Å². The van der Waals surface area contributed by atoms with Crippen molar-refractivity contribution in [3.63, 3.8) is 0 Å². The number of aryl methyl sites for hydroxylation is 1. The first-order valence-corrected chi connectivity index (χ1v) is 7.73. The molecule has 1 aromatic carbocycles. The quantitative estimate of drug-likeness (QED) is 0.856. The molecule has 1 saturated heterocycles. The maximum absolute atomic E-state index is 6.18. The molecule has 1 aromatic heterocycles. The lowest BCUT2D eigenvalue weighted by atomic mass is 10.3. The fourth-order valence-electron chi connectivity index (χ4n) is 2.28. The van der Waals surface area contributed by atoms with Crippen LogP contribution in [0.25, 0.3) is 0 Å². The van der Waals surface area contributed by atoms with E-state index in [1.807, 2.05) is 6.92 Å². The van der Waals surface area contributed by atoms with E-state index in [0.717, 1.165) is 18.8 Å². The van der Waals surface area contributed by atoms with Gasteiger partial charge in [-0.25, -0.2) is 4.98 Å². The molecule has 7 heteroatoms. The first-order chi connectivity index (χ1) is 11.2. The summed E-state index contributed by atoms with van der Waals surface area (Å²) in [6.07, 6.45) is 0. The van der Waals surface area contributed by atoms with Crippen LogP contribution < -0.4 is 14.4 Å². The molecule has 1 aliphatic heterocycles. The topological polar surface area (TPSA) is 56.7 Å². The molecule has 0 unspecified atom stereocenters. The Morgan fingerprint density at radius 3 is 2.70 bits per heavy atom. The van der Waals surface area contributed by atoms with E-state index >= 15 is 0 Å². The molecule has 1 fully saturated rings. The van der Waals surface area contributed by atoms with Crippen LogP contribution >= 0.6 is 11.6 Å². The number of ether oxygens (including phenoxy) is 3. The smallest absolute Gasteiger partial charge is 0.229 e. The van der Waals surface area contributed by atoms with Gasteiger partial charge < -0.3 is 19.1 Å². The monoisotopic (exact) mass is 335 g/mol. The van der Waals surface area contributed by atoms with E-state index in [4.69, 9.17) is 25.8 Å². The number of hydrogen-bond donors (Lipinski definition) is 0. The van der Waals surface area contributed by atoms with Gasteiger partial charge in [0, 0.05) is 30.9 Å². The van der Waals surface area contributed by atoms with E-state index in [2.05, 4.69) is 14.9 Å². The average molecular weight is 336 g/mol. The molecule has 0 atom stereocenters. The van der Waals surface area contributed by atoms with Crippen LogP contribution in [0.5, 0.6) is 17.4 Å². The minimum absolute atomic E-state index is 0.453. The van der Waals surface area contributed by atoms with Gasteiger partial charge in [0.05, 0.1) is 25.3 Å². The third-order valence-electron chi connectivity index (χ3n) is 3.47. The van der Waals surface area contributed by atoms with Crippen molar-refractivity contribution in [1.82, 2.24) is 9.97 Å². The molecule has 0 saturated carbocycles. The van der Waals surface area contributed by atoms with Gasteiger partial charge in [-0.2, -0.15) is 4.98 Å². The van der Waals surface area contributed by atoms with Gasteiger partial charge in [-0.15, -0.1) is 0 Å². The van der Waals surface area contributed by atoms with Crippen molar-refractivity contribution in [2.45, 2.75) is 6.92 Å². The number of morpholine rings is 1. The van der Waals surface area contributed by atoms with E-state index in [1.165, 1.54) is 0 Å². The van der Waals surface area contributed by atoms with Gasteiger partial charge >= 0.3 is 0 Å². The summed E-state index contributed by atoms with van der Waals surface area (Å²) in [6, 6.07) is 7.01. The van der Waals surface area contributed by atoms with Crippen molar-refractivity contribution in [3.8, 4) is 17.4 Å². The number of methoxy groups -OCH3 is 1. The Hall–Kier alpha value is -2.05. The zero-order valence-corrected chi connectivity index (χ0v) is 13.8. The van der Waals surface area contributed by atoms with Crippen LogP contribution in [0.3, 0.4) is 0 Å². The zero-order valence-electron chi connectivity index (χ0n) is 13.1. The lowest BCUT2D eigenvalue weighted by molar-refractivity contribution is 0.122. The van der Waals surface area contributed by atoms with Crippen LogP contribution in [0, 0.1) is 6.92 Å². The second kappa shape index (κ2) is 7.02. The Bertz CT molecular complexity index is 690. The molecular formula is C16H18ClN3O3. The van der Waals surface area contributed by atoms with Gasteiger partial charge in [0.25, 0.3) is 0 Å². The van der Waals surface area contributed by atoms with Crippen LogP contribution in [0.4, 0.5) is 5.95 Å². The van der Waals surface area contributed by atoms with Crippen molar-refractivity contribution in [3.05, 3.63) is 35.0 Å². The Balaban J connectivity index is 1.86. The standard InChI is InChI=1S/C16H18ClN3O3/c1-11-9-15(19-16(18-11)20-5-7-22-8-6-20)23-14-10-12(21-2)3-4-13(14)17/h3-4,9-10H,5-8H2,1-2H3. The molecule has 0 amide bonds. The molecule has 2 heterocycles. The highest BCUT2D eigenvalue weighted by Gasteiger charge is 2.16. The van der Waals surface area contributed by atoms with E-state index in [0.29, 0.717) is 41.6 Å². The summed E-state index contributed by atoms with van der Waals surface area (Å²) >= 11 is 6.18. The van der Waals surface area contributed by atoms with Gasteiger partial charge in [-0.1, -0.05) is 11.6 Å². The number of rotatable bonds is 4. The Morgan fingerprint density at radius 2 is 1.96 bits per heavy atom. The molecule has 1 aliphatic rings. The zero-order chi connectivity index (χ0) is 16.2. The molecule has 0 aliphatic carbocycles. The number of benzene rings is 1. The molecule has 122 valence electrons. The van der Waals surface area contributed by atoms with Crippen LogP contribution in [0.2, 0.25) is 5.02 Å². The van der Waals surface area contributed by atoms with Crippen molar-refractivity contribution in [2.75, 3.05) is 38.3 Å². The summed E-state index contributed by atoms with van der Waals surface area (Å²) in [5.74, 6) is 2.26. The minimum Gasteiger partial charge on any atom is -0.497 e. The molecule has 0 N–H and O–H groups in total. The van der Waals surface area contributed by atoms with E-state index in [9.17, 15) is 0 Å². The number of aromatic nitrogens is 2. The normalized spacial score (nSPS) is 14.7. The van der Waals surface area contributed by atoms with Gasteiger partial charge in [0.2, 0.25) is 11.8 Å². The van der Waals surface area contributed by atoms with Crippen LogP contribution in [0.1, 0.15) is 5.69 Å². The minimum atomic E-state index is 0.453. The fraction of sp³-hybridized carbons (Fsp3) is 0.375. The number of hydrogen-bond acceptors (Lipinski definition) is 6. The Labute approximate surface area is 140 Å². The SMILES string of the molecule is COc1ccc(Cl)c(Oc2cc(C)nc(N3CCOCC3)n2)c1. The van der Waals surface area contributed by atoms with Crippen LogP contribution in [-0.4, -0.2) is 43.4 Å². The molecule has 0 bridgehead atoms. The summed E-state index contributed by atoms with van der Waals surface area (Å²) in [6.45, 7) is 4.79. The summed E-state index contributed by atoms with van der Waals surface area (Å²) in [5, 5.41) is 0.495. The van der Waals surface area contributed by atoms with Crippen molar-refractivity contribution < 1.29 is 14.2 Å². The second-order valence-electron chi connectivity index (χ2n) is 5.15. The highest BCUT2D eigenvalue weighted by atomic mass is 35.5. The molecule has 23 heavy (non-hydrogen) atoms. The predicted octanol–water partition coefficient (Wildman–Crippen LogP) is 3.08. The molecule has 0 spiro atoms. The summed E-state index contributed by atoms with van der Waals surface area (Å²) < 4.78 is 16.4. The first kappa shape index (κ1) is 15.8. The third kappa shape index (κ3) is 3.83. The average Bonchev–Trinajstić information content (AvgIpc) is 2.57. The largest absolute Gasteiger partial charge is 0.497 e. The lowest BCUT2D eigenvalue weighted by Gasteiger charge is -2.27. The summed E-state index contributed by atoms with van der Waals surface area (Å²) in [4.78, 5) is 11.0. The summed E-state index contributed by atoms with van der Waals surface area (Å²) in [7, 11) is 1.60. The molecule has 3 rings (SSSR count). The Morgan fingerprint density at radius 1 is 1.17 bits per heavy atom. The number of halogens is 1.